The number of benzene rings is 3. The van der Waals surface area contributed by atoms with Gasteiger partial charge >= 0.3 is 12.1 Å². The van der Waals surface area contributed by atoms with Crippen LogP contribution in [0.3, 0.4) is 0 Å². The minimum Gasteiger partial charge on any atom is -0.453 e. The lowest BCUT2D eigenvalue weighted by atomic mass is 10.0. The number of morpholine rings is 1. The molecule has 0 unspecified atom stereocenters. The van der Waals surface area contributed by atoms with Crippen molar-refractivity contribution in [3.8, 4) is 11.1 Å². The molecule has 2 aliphatic rings. The van der Waals surface area contributed by atoms with E-state index in [0.717, 1.165) is 60.7 Å². The number of nitrogens with zero attached hydrogens (tertiary/aromatic N) is 4. The maximum Gasteiger partial charge on any atom is 0.411 e. The number of amides is 3. The first-order valence-electron chi connectivity index (χ1n) is 15.1. The number of ether oxygens (including phenoxy) is 2. The summed E-state index contributed by atoms with van der Waals surface area (Å²) in [4.78, 5) is 33.8. The number of urea groups is 1. The van der Waals surface area contributed by atoms with Crippen molar-refractivity contribution in [3.63, 3.8) is 0 Å². The van der Waals surface area contributed by atoms with E-state index < -0.39 is 6.09 Å². The van der Waals surface area contributed by atoms with E-state index in [-0.39, 0.29) is 11.8 Å². The zero-order valence-electron chi connectivity index (χ0n) is 25.2. The molecule has 2 fully saturated rings. The first kappa shape index (κ1) is 31.1. The third-order valence-electron chi connectivity index (χ3n) is 8.05. The van der Waals surface area contributed by atoms with Gasteiger partial charge in [-0.05, 0) is 72.1 Å². The van der Waals surface area contributed by atoms with Crippen molar-refractivity contribution in [2.45, 2.75) is 13.0 Å². The number of piperazine rings is 1. The highest BCUT2D eigenvalue weighted by Crippen LogP contribution is 2.33. The summed E-state index contributed by atoms with van der Waals surface area (Å²) in [6, 6.07) is 20.7. The molecule has 3 aromatic carbocycles. The zero-order chi connectivity index (χ0) is 30.9. The second kappa shape index (κ2) is 14.9. The van der Waals surface area contributed by atoms with E-state index in [4.69, 9.17) is 15.2 Å². The first-order valence-corrected chi connectivity index (χ1v) is 15.1. The largest absolute Gasteiger partial charge is 0.453 e. The van der Waals surface area contributed by atoms with Gasteiger partial charge < -0.3 is 34.8 Å². The second-order valence-electron chi connectivity index (χ2n) is 10.9. The zero-order valence-corrected chi connectivity index (χ0v) is 25.2. The van der Waals surface area contributed by atoms with Crippen molar-refractivity contribution < 1.29 is 23.5 Å². The molecule has 3 amide bonds. The number of methoxy groups -OCH3 is 1. The fraction of sp³-hybridized carbons (Fsp3) is 0.394. The van der Waals surface area contributed by atoms with E-state index in [1.807, 2.05) is 46.2 Å². The van der Waals surface area contributed by atoms with Gasteiger partial charge in [0.05, 0.1) is 31.7 Å². The molecule has 3 N–H and O–H groups in total. The Hall–Kier alpha value is -4.35. The van der Waals surface area contributed by atoms with Crippen molar-refractivity contribution in [1.29, 1.82) is 0 Å². The fourth-order valence-electron chi connectivity index (χ4n) is 5.66. The quantitative estimate of drug-likeness (QED) is 0.368. The molecule has 11 heteroatoms. The lowest BCUT2D eigenvalue weighted by molar-refractivity contribution is 0.0425. The highest BCUT2D eigenvalue weighted by atomic mass is 19.1. The van der Waals surface area contributed by atoms with Crippen molar-refractivity contribution in [1.82, 2.24) is 9.80 Å². The number of halogens is 1. The molecule has 0 bridgehead atoms. The molecule has 44 heavy (non-hydrogen) atoms. The lowest BCUT2D eigenvalue weighted by Crippen LogP contribution is -2.48. The molecule has 0 aliphatic carbocycles. The number of nitrogens with two attached hydrogens (primary N) is 1. The van der Waals surface area contributed by atoms with Crippen LogP contribution in [-0.2, 0) is 16.0 Å². The smallest absolute Gasteiger partial charge is 0.411 e. The van der Waals surface area contributed by atoms with Gasteiger partial charge in [0.15, 0.2) is 0 Å². The number of anilines is 3. The fourth-order valence-corrected chi connectivity index (χ4v) is 5.66. The van der Waals surface area contributed by atoms with Gasteiger partial charge in [0.1, 0.15) is 5.82 Å². The SMILES string of the molecule is COC(=O)Nc1cc(-c2cccc(CN(CCCN)C(=O)N3CCOCC3)c2)ccc1N1CCN(c2ccc(F)cc2)CC1. The maximum atomic E-state index is 13.4. The Labute approximate surface area is 258 Å². The van der Waals surface area contributed by atoms with Crippen LogP contribution in [0.15, 0.2) is 66.7 Å². The third kappa shape index (κ3) is 7.78. The Morgan fingerprint density at radius 2 is 1.64 bits per heavy atom. The van der Waals surface area contributed by atoms with Crippen LogP contribution in [0, 0.1) is 5.82 Å². The molecule has 3 aromatic rings. The van der Waals surface area contributed by atoms with Crippen LogP contribution in [0.5, 0.6) is 0 Å². The van der Waals surface area contributed by atoms with Gasteiger partial charge in [0.2, 0.25) is 0 Å². The van der Waals surface area contributed by atoms with Crippen molar-refractivity contribution in [3.05, 3.63) is 78.1 Å². The van der Waals surface area contributed by atoms with Crippen LogP contribution in [0.25, 0.3) is 11.1 Å². The Morgan fingerprint density at radius 3 is 2.34 bits per heavy atom. The summed E-state index contributed by atoms with van der Waals surface area (Å²) in [6.45, 7) is 6.81. The lowest BCUT2D eigenvalue weighted by Gasteiger charge is -2.38. The number of hydrogen-bond donors (Lipinski definition) is 2. The standard InChI is InChI=1S/C33H41FN6O4/c1-43-32(41)36-30-23-27(6-11-31(30)38-16-14-37(15-17-38)29-9-7-28(34)8-10-29)26-5-2-4-25(22-26)24-40(13-3-12-35)33(42)39-18-20-44-21-19-39/h2,4-11,22-23H,3,12-21,24,35H2,1H3,(H,36,41). The van der Waals surface area contributed by atoms with Gasteiger partial charge in [-0.1, -0.05) is 24.3 Å². The highest BCUT2D eigenvalue weighted by molar-refractivity contribution is 5.91. The van der Waals surface area contributed by atoms with Crippen molar-refractivity contribution in [2.75, 3.05) is 87.8 Å². The van der Waals surface area contributed by atoms with Crippen LogP contribution < -0.4 is 20.9 Å². The monoisotopic (exact) mass is 604 g/mol. The van der Waals surface area contributed by atoms with Gasteiger partial charge in [-0.25, -0.2) is 14.0 Å². The maximum absolute atomic E-state index is 13.4. The number of rotatable bonds is 9. The predicted molar refractivity (Wildman–Crippen MR) is 171 cm³/mol. The van der Waals surface area contributed by atoms with Gasteiger partial charge in [-0.15, -0.1) is 0 Å². The van der Waals surface area contributed by atoms with Crippen LogP contribution in [0.4, 0.5) is 31.0 Å². The van der Waals surface area contributed by atoms with Gasteiger partial charge in [0.25, 0.3) is 0 Å². The minimum absolute atomic E-state index is 0.000551. The number of carbonyl (C=O) groups is 2. The molecule has 5 rings (SSSR count). The molecule has 0 spiro atoms. The molecule has 2 aliphatic heterocycles. The number of nitrogens with one attached hydrogen (secondary N) is 1. The average Bonchev–Trinajstić information content (AvgIpc) is 3.07. The number of carbonyl (C=O) groups excluding carboxylic acids is 2. The summed E-state index contributed by atoms with van der Waals surface area (Å²) >= 11 is 0. The molecule has 2 heterocycles. The molecule has 0 radical (unpaired) electrons. The third-order valence-corrected chi connectivity index (χ3v) is 8.05. The Balaban J connectivity index is 1.34. The second-order valence-corrected chi connectivity index (χ2v) is 10.9. The molecular weight excluding hydrogens is 563 g/mol. The summed E-state index contributed by atoms with van der Waals surface area (Å²) in [5.74, 6) is -0.248. The summed E-state index contributed by atoms with van der Waals surface area (Å²) in [6.07, 6.45) is 0.178. The van der Waals surface area contributed by atoms with E-state index in [1.54, 1.807) is 12.1 Å². The van der Waals surface area contributed by atoms with Crippen LogP contribution in [0.1, 0.15) is 12.0 Å². The molecule has 0 saturated carbocycles. The molecule has 234 valence electrons. The Bertz CT molecular complexity index is 1410. The van der Waals surface area contributed by atoms with E-state index in [9.17, 15) is 14.0 Å². The van der Waals surface area contributed by atoms with Crippen molar-refractivity contribution >= 4 is 29.2 Å². The van der Waals surface area contributed by atoms with Gasteiger partial charge in [-0.2, -0.15) is 0 Å². The Kier molecular flexibility index (Phi) is 10.5. The van der Waals surface area contributed by atoms with E-state index in [1.165, 1.54) is 19.2 Å². The van der Waals surface area contributed by atoms with Gasteiger partial charge in [-0.3, -0.25) is 5.32 Å². The predicted octanol–water partition coefficient (Wildman–Crippen LogP) is 4.60. The summed E-state index contributed by atoms with van der Waals surface area (Å²) in [5.41, 5.74) is 11.2. The van der Waals surface area contributed by atoms with Crippen molar-refractivity contribution in [2.24, 2.45) is 5.73 Å². The highest BCUT2D eigenvalue weighted by Gasteiger charge is 2.24. The number of hydrogen-bond acceptors (Lipinski definition) is 7. The van der Waals surface area contributed by atoms with E-state index in [0.29, 0.717) is 51.6 Å². The minimum atomic E-state index is -0.542. The first-order chi connectivity index (χ1) is 21.4. The molecular formula is C33H41FN6O4. The molecule has 0 atom stereocenters. The van der Waals surface area contributed by atoms with Crippen LogP contribution in [0.2, 0.25) is 0 Å². The molecule has 10 nitrogen and oxygen atoms in total. The van der Waals surface area contributed by atoms with Crippen LogP contribution >= 0.6 is 0 Å². The molecule has 2 saturated heterocycles. The topological polar surface area (TPSA) is 104 Å². The summed E-state index contributed by atoms with van der Waals surface area (Å²) in [7, 11) is 1.35. The average molecular weight is 605 g/mol. The molecule has 0 aromatic heterocycles. The van der Waals surface area contributed by atoms with Gasteiger partial charge in [0, 0.05) is 58.0 Å². The normalized spacial score (nSPS) is 15.2. The summed E-state index contributed by atoms with van der Waals surface area (Å²) < 4.78 is 23.8. The summed E-state index contributed by atoms with van der Waals surface area (Å²) in [5, 5.41) is 2.90. The Morgan fingerprint density at radius 1 is 0.932 bits per heavy atom. The van der Waals surface area contributed by atoms with Crippen LogP contribution in [-0.4, -0.2) is 94.6 Å². The van der Waals surface area contributed by atoms with E-state index >= 15 is 0 Å². The van der Waals surface area contributed by atoms with E-state index in [2.05, 4.69) is 21.2 Å².